The molecule has 0 unspecified atom stereocenters. The molecule has 94 valence electrons. The van der Waals surface area contributed by atoms with Gasteiger partial charge in [0.25, 0.3) is 0 Å². The Morgan fingerprint density at radius 1 is 0.667 bits per heavy atom. The van der Waals surface area contributed by atoms with Crippen LogP contribution in [0.5, 0.6) is 11.5 Å². The van der Waals surface area contributed by atoms with Crippen molar-refractivity contribution in [2.45, 2.75) is 0 Å². The summed E-state index contributed by atoms with van der Waals surface area (Å²) in [6.45, 7) is 0. The van der Waals surface area contributed by atoms with Crippen molar-refractivity contribution in [1.82, 2.24) is 0 Å². The Hall–Kier alpha value is -2.11. The van der Waals surface area contributed by atoms with Gasteiger partial charge in [0.15, 0.2) is 29.0 Å². The van der Waals surface area contributed by atoms with Crippen LogP contribution in [0.3, 0.4) is 0 Å². The van der Waals surface area contributed by atoms with Gasteiger partial charge in [0.05, 0.1) is 0 Å². The Bertz CT molecular complexity index is 597. The first-order valence-corrected chi connectivity index (χ1v) is 4.76. The van der Waals surface area contributed by atoms with Gasteiger partial charge in [-0.3, -0.25) is 0 Å². The van der Waals surface area contributed by atoms with Gasteiger partial charge in [-0.25, -0.2) is 17.6 Å². The van der Waals surface area contributed by atoms with Gasteiger partial charge in [-0.2, -0.15) is 4.39 Å². The molecule has 0 aromatic heterocycles. The monoisotopic (exact) mass is 260 g/mol. The zero-order chi connectivity index (χ0) is 13.3. The highest BCUT2D eigenvalue weighted by atomic mass is 19.2. The molecule has 0 radical (unpaired) electrons. The summed E-state index contributed by atoms with van der Waals surface area (Å²) in [6.07, 6.45) is 0. The summed E-state index contributed by atoms with van der Waals surface area (Å²) in [7, 11) is 0. The van der Waals surface area contributed by atoms with Crippen LogP contribution in [0.25, 0.3) is 0 Å². The topological polar surface area (TPSA) is 9.23 Å². The second-order valence-corrected chi connectivity index (χ2v) is 3.33. The fourth-order valence-electron chi connectivity index (χ4n) is 1.27. The van der Waals surface area contributed by atoms with E-state index in [4.69, 9.17) is 0 Å². The van der Waals surface area contributed by atoms with E-state index in [9.17, 15) is 22.0 Å². The maximum Gasteiger partial charge on any atom is 0.204 e. The van der Waals surface area contributed by atoms with Crippen molar-refractivity contribution in [3.63, 3.8) is 0 Å². The van der Waals surface area contributed by atoms with E-state index in [2.05, 4.69) is 4.74 Å². The number of rotatable bonds is 2. The van der Waals surface area contributed by atoms with E-state index in [1.54, 1.807) is 0 Å². The standard InChI is InChI=1S/C12H5F5O/c13-6-3-1-2-4-8(6)18-9-5-7(14)10(15)12(17)11(9)16/h1-5H. The van der Waals surface area contributed by atoms with Gasteiger partial charge in [0.2, 0.25) is 11.6 Å². The first kappa shape index (κ1) is 12.3. The zero-order valence-corrected chi connectivity index (χ0v) is 8.68. The molecule has 0 aliphatic rings. The largest absolute Gasteiger partial charge is 0.451 e. The van der Waals surface area contributed by atoms with Gasteiger partial charge in [0, 0.05) is 6.07 Å². The molecule has 18 heavy (non-hydrogen) atoms. The van der Waals surface area contributed by atoms with Crippen molar-refractivity contribution >= 4 is 0 Å². The highest BCUT2D eigenvalue weighted by Gasteiger charge is 2.20. The number of hydrogen-bond acceptors (Lipinski definition) is 1. The molecule has 0 aliphatic carbocycles. The lowest BCUT2D eigenvalue weighted by atomic mass is 10.3. The Balaban J connectivity index is 2.45. The molecule has 2 rings (SSSR count). The lowest BCUT2D eigenvalue weighted by Gasteiger charge is -2.08. The molecule has 0 saturated carbocycles. The van der Waals surface area contributed by atoms with Crippen LogP contribution in [-0.2, 0) is 0 Å². The minimum Gasteiger partial charge on any atom is -0.451 e. The predicted molar refractivity (Wildman–Crippen MR) is 52.7 cm³/mol. The van der Waals surface area contributed by atoms with Crippen LogP contribution in [0.15, 0.2) is 30.3 Å². The van der Waals surface area contributed by atoms with Crippen LogP contribution in [-0.4, -0.2) is 0 Å². The van der Waals surface area contributed by atoms with E-state index in [1.807, 2.05) is 0 Å². The number of ether oxygens (including phenoxy) is 1. The van der Waals surface area contributed by atoms with Gasteiger partial charge >= 0.3 is 0 Å². The van der Waals surface area contributed by atoms with E-state index in [0.29, 0.717) is 6.07 Å². The Kier molecular flexibility index (Phi) is 3.18. The van der Waals surface area contributed by atoms with Crippen molar-refractivity contribution in [3.8, 4) is 11.5 Å². The van der Waals surface area contributed by atoms with Gasteiger partial charge in [-0.1, -0.05) is 12.1 Å². The maximum atomic E-state index is 13.2. The van der Waals surface area contributed by atoms with Crippen LogP contribution < -0.4 is 4.74 Å². The highest BCUT2D eigenvalue weighted by Crippen LogP contribution is 2.30. The summed E-state index contributed by atoms with van der Waals surface area (Å²) < 4.78 is 69.5. The molecule has 1 nitrogen and oxygen atoms in total. The molecule has 0 fully saturated rings. The van der Waals surface area contributed by atoms with E-state index in [1.165, 1.54) is 12.1 Å². The van der Waals surface area contributed by atoms with Crippen LogP contribution in [0, 0.1) is 29.1 Å². The zero-order valence-electron chi connectivity index (χ0n) is 8.68. The third kappa shape index (κ3) is 2.13. The summed E-state index contributed by atoms with van der Waals surface area (Å²) in [5, 5.41) is 0. The van der Waals surface area contributed by atoms with Crippen molar-refractivity contribution < 1.29 is 26.7 Å². The molecular formula is C12H5F5O. The summed E-state index contributed by atoms with van der Waals surface area (Å²) >= 11 is 0. The molecule has 0 saturated heterocycles. The number of halogens is 5. The van der Waals surface area contributed by atoms with Gasteiger partial charge in [-0.05, 0) is 12.1 Å². The first-order valence-electron chi connectivity index (χ1n) is 4.76. The normalized spacial score (nSPS) is 10.5. The number of para-hydroxylation sites is 1. The Morgan fingerprint density at radius 2 is 1.33 bits per heavy atom. The molecule has 0 N–H and O–H groups in total. The second-order valence-electron chi connectivity index (χ2n) is 3.33. The summed E-state index contributed by atoms with van der Waals surface area (Å²) in [4.78, 5) is 0. The van der Waals surface area contributed by atoms with Crippen LogP contribution >= 0.6 is 0 Å². The van der Waals surface area contributed by atoms with Crippen LogP contribution in [0.2, 0.25) is 0 Å². The summed E-state index contributed by atoms with van der Waals surface area (Å²) in [6, 6.07) is 5.19. The van der Waals surface area contributed by atoms with E-state index >= 15 is 0 Å². The van der Waals surface area contributed by atoms with Crippen molar-refractivity contribution in [2.24, 2.45) is 0 Å². The quantitative estimate of drug-likeness (QED) is 0.447. The van der Waals surface area contributed by atoms with Crippen LogP contribution in [0.4, 0.5) is 22.0 Å². The molecule has 2 aromatic rings. The minimum atomic E-state index is -2.01. The third-order valence-corrected chi connectivity index (χ3v) is 2.13. The second kappa shape index (κ2) is 4.64. The number of hydrogen-bond donors (Lipinski definition) is 0. The van der Waals surface area contributed by atoms with Gasteiger partial charge < -0.3 is 4.74 Å². The Labute approximate surface area is 98.4 Å². The maximum absolute atomic E-state index is 13.2. The lowest BCUT2D eigenvalue weighted by Crippen LogP contribution is -1.99. The molecule has 0 aliphatic heterocycles. The van der Waals surface area contributed by atoms with Gasteiger partial charge in [-0.15, -0.1) is 0 Å². The minimum absolute atomic E-state index is 0.306. The van der Waals surface area contributed by atoms with E-state index in [0.717, 1.165) is 12.1 Å². The molecule has 0 atom stereocenters. The first-order chi connectivity index (χ1) is 8.50. The predicted octanol–water partition coefficient (Wildman–Crippen LogP) is 4.17. The molecule has 0 spiro atoms. The third-order valence-electron chi connectivity index (χ3n) is 2.13. The van der Waals surface area contributed by atoms with Crippen molar-refractivity contribution in [2.75, 3.05) is 0 Å². The molecule has 6 heteroatoms. The molecule has 0 amide bonds. The highest BCUT2D eigenvalue weighted by molar-refractivity contribution is 5.34. The van der Waals surface area contributed by atoms with E-state index < -0.39 is 40.6 Å². The fourth-order valence-corrected chi connectivity index (χ4v) is 1.27. The number of benzene rings is 2. The van der Waals surface area contributed by atoms with Crippen LogP contribution in [0.1, 0.15) is 0 Å². The summed E-state index contributed by atoms with van der Waals surface area (Å²) in [5.74, 6) is -9.52. The average molecular weight is 260 g/mol. The average Bonchev–Trinajstić information content (AvgIpc) is 2.36. The molecule has 0 heterocycles. The summed E-state index contributed by atoms with van der Waals surface area (Å²) in [5.41, 5.74) is 0. The molecular weight excluding hydrogens is 255 g/mol. The van der Waals surface area contributed by atoms with Crippen molar-refractivity contribution in [3.05, 3.63) is 59.4 Å². The molecule has 0 bridgehead atoms. The SMILES string of the molecule is Fc1ccccc1Oc1cc(F)c(F)c(F)c1F. The molecule has 2 aromatic carbocycles. The van der Waals surface area contributed by atoms with E-state index in [-0.39, 0.29) is 0 Å². The fraction of sp³-hybridized carbons (Fsp3) is 0. The smallest absolute Gasteiger partial charge is 0.204 e. The lowest BCUT2D eigenvalue weighted by molar-refractivity contribution is 0.363. The Morgan fingerprint density at radius 3 is 2.00 bits per heavy atom. The van der Waals surface area contributed by atoms with Crippen molar-refractivity contribution in [1.29, 1.82) is 0 Å². The van der Waals surface area contributed by atoms with Gasteiger partial charge in [0.1, 0.15) is 0 Å².